The van der Waals surface area contributed by atoms with E-state index in [1.165, 1.54) is 6.07 Å². The molecule has 0 N–H and O–H groups in total. The van der Waals surface area contributed by atoms with Crippen LogP contribution in [0.15, 0.2) is 22.7 Å². The van der Waals surface area contributed by atoms with Gasteiger partial charge in [-0.2, -0.15) is 0 Å². The van der Waals surface area contributed by atoms with Gasteiger partial charge in [-0.15, -0.1) is 0 Å². The molecule has 1 aromatic carbocycles. The molecule has 1 aromatic rings. The summed E-state index contributed by atoms with van der Waals surface area (Å²) in [5.74, 6) is -0.159. The summed E-state index contributed by atoms with van der Waals surface area (Å²) in [6, 6.07) is 4.78. The number of rotatable bonds is 2. The van der Waals surface area contributed by atoms with Crippen LogP contribution < -0.4 is 0 Å². The molecule has 0 radical (unpaired) electrons. The normalized spacial score (nSPS) is 10.1. The van der Waals surface area contributed by atoms with Gasteiger partial charge in [0.25, 0.3) is 0 Å². The lowest BCUT2D eigenvalue weighted by Gasteiger charge is -2.00. The SMILES string of the molecule is Fc1ccc(Br)c(CCI)c1. The van der Waals surface area contributed by atoms with Gasteiger partial charge in [0, 0.05) is 8.90 Å². The van der Waals surface area contributed by atoms with Gasteiger partial charge in [0.05, 0.1) is 0 Å². The minimum absolute atomic E-state index is 0.159. The largest absolute Gasteiger partial charge is 0.207 e. The molecule has 1 rings (SSSR count). The fourth-order valence-electron chi connectivity index (χ4n) is 0.837. The van der Waals surface area contributed by atoms with Crippen LogP contribution in [-0.2, 0) is 6.42 Å². The van der Waals surface area contributed by atoms with E-state index in [1.807, 2.05) is 0 Å². The maximum atomic E-state index is 12.6. The lowest BCUT2D eigenvalue weighted by molar-refractivity contribution is 0.625. The van der Waals surface area contributed by atoms with Gasteiger partial charge in [-0.1, -0.05) is 38.5 Å². The van der Waals surface area contributed by atoms with Gasteiger partial charge < -0.3 is 0 Å². The zero-order valence-corrected chi connectivity index (χ0v) is 9.52. The Morgan fingerprint density at radius 1 is 1.45 bits per heavy atom. The monoisotopic (exact) mass is 328 g/mol. The van der Waals surface area contributed by atoms with Crippen molar-refractivity contribution in [1.29, 1.82) is 0 Å². The molecular weight excluding hydrogens is 322 g/mol. The van der Waals surface area contributed by atoms with Crippen molar-refractivity contribution in [3.05, 3.63) is 34.1 Å². The first-order chi connectivity index (χ1) is 5.24. The van der Waals surface area contributed by atoms with Gasteiger partial charge in [0.2, 0.25) is 0 Å². The van der Waals surface area contributed by atoms with E-state index in [2.05, 4.69) is 38.5 Å². The third-order valence-electron chi connectivity index (χ3n) is 1.37. The highest BCUT2D eigenvalue weighted by molar-refractivity contribution is 14.1. The highest BCUT2D eigenvalue weighted by Gasteiger charge is 1.99. The predicted molar refractivity (Wildman–Crippen MR) is 56.7 cm³/mol. The van der Waals surface area contributed by atoms with Crippen LogP contribution in [0.5, 0.6) is 0 Å². The number of hydrogen-bond acceptors (Lipinski definition) is 0. The second kappa shape index (κ2) is 4.40. The standard InChI is InChI=1S/C8H7BrFI/c9-8-2-1-7(10)5-6(8)3-4-11/h1-2,5H,3-4H2. The zero-order chi connectivity index (χ0) is 8.27. The van der Waals surface area contributed by atoms with E-state index in [4.69, 9.17) is 0 Å². The smallest absolute Gasteiger partial charge is 0.123 e. The third-order valence-corrected chi connectivity index (χ3v) is 2.68. The summed E-state index contributed by atoms with van der Waals surface area (Å²) in [6.45, 7) is 0. The van der Waals surface area contributed by atoms with E-state index in [-0.39, 0.29) is 5.82 Å². The Hall–Kier alpha value is 0.360. The van der Waals surface area contributed by atoms with Crippen LogP contribution in [0.3, 0.4) is 0 Å². The Morgan fingerprint density at radius 3 is 2.82 bits per heavy atom. The minimum Gasteiger partial charge on any atom is -0.207 e. The Labute approximate surface area is 87.5 Å². The van der Waals surface area contributed by atoms with Crippen LogP contribution in [0.2, 0.25) is 0 Å². The fraction of sp³-hybridized carbons (Fsp3) is 0.250. The summed E-state index contributed by atoms with van der Waals surface area (Å²) >= 11 is 5.64. The lowest BCUT2D eigenvalue weighted by atomic mass is 10.2. The van der Waals surface area contributed by atoms with E-state index < -0.39 is 0 Å². The van der Waals surface area contributed by atoms with E-state index in [0.29, 0.717) is 0 Å². The lowest BCUT2D eigenvalue weighted by Crippen LogP contribution is -1.88. The van der Waals surface area contributed by atoms with Crippen LogP contribution >= 0.6 is 38.5 Å². The number of alkyl halides is 1. The highest BCUT2D eigenvalue weighted by atomic mass is 127. The Morgan fingerprint density at radius 2 is 2.18 bits per heavy atom. The molecule has 0 saturated carbocycles. The molecule has 60 valence electrons. The number of halogens is 3. The summed E-state index contributed by atoms with van der Waals surface area (Å²) in [4.78, 5) is 0. The van der Waals surface area contributed by atoms with Crippen molar-refractivity contribution in [1.82, 2.24) is 0 Å². The zero-order valence-electron chi connectivity index (χ0n) is 5.78. The minimum atomic E-state index is -0.159. The van der Waals surface area contributed by atoms with Crippen molar-refractivity contribution in [2.24, 2.45) is 0 Å². The molecular formula is C8H7BrFI. The molecule has 0 bridgehead atoms. The van der Waals surface area contributed by atoms with Crippen LogP contribution in [0.1, 0.15) is 5.56 Å². The van der Waals surface area contributed by atoms with Crippen molar-refractivity contribution in [2.45, 2.75) is 6.42 Å². The summed E-state index contributed by atoms with van der Waals surface area (Å²) in [5, 5.41) is 0. The third kappa shape index (κ3) is 2.71. The van der Waals surface area contributed by atoms with Gasteiger partial charge >= 0.3 is 0 Å². The summed E-state index contributed by atoms with van der Waals surface area (Å²) in [5.41, 5.74) is 1.04. The van der Waals surface area contributed by atoms with Gasteiger partial charge in [-0.25, -0.2) is 4.39 Å². The van der Waals surface area contributed by atoms with E-state index in [0.717, 1.165) is 20.9 Å². The van der Waals surface area contributed by atoms with Gasteiger partial charge in [0.1, 0.15) is 5.82 Å². The van der Waals surface area contributed by atoms with Crippen LogP contribution in [0.25, 0.3) is 0 Å². The summed E-state index contributed by atoms with van der Waals surface area (Å²) in [7, 11) is 0. The first-order valence-corrected chi connectivity index (χ1v) is 5.56. The van der Waals surface area contributed by atoms with Crippen molar-refractivity contribution >= 4 is 38.5 Å². The Balaban J connectivity index is 2.93. The topological polar surface area (TPSA) is 0 Å². The van der Waals surface area contributed by atoms with E-state index in [9.17, 15) is 4.39 Å². The van der Waals surface area contributed by atoms with Gasteiger partial charge in [-0.3, -0.25) is 0 Å². The predicted octanol–water partition coefficient (Wildman–Crippen LogP) is 3.57. The fourth-order valence-corrected chi connectivity index (χ4v) is 1.86. The second-order valence-electron chi connectivity index (χ2n) is 2.17. The maximum absolute atomic E-state index is 12.6. The van der Waals surface area contributed by atoms with Gasteiger partial charge in [0.15, 0.2) is 0 Å². The second-order valence-corrected chi connectivity index (χ2v) is 4.11. The first kappa shape index (κ1) is 9.45. The molecule has 0 heterocycles. The Bertz CT molecular complexity index is 250. The molecule has 0 spiro atoms. The average molecular weight is 329 g/mol. The summed E-state index contributed by atoms with van der Waals surface area (Å²) in [6.07, 6.45) is 0.916. The van der Waals surface area contributed by atoms with Crippen LogP contribution in [0.4, 0.5) is 4.39 Å². The molecule has 0 aliphatic heterocycles. The Kier molecular flexibility index (Phi) is 3.78. The molecule has 0 atom stereocenters. The molecule has 0 amide bonds. The average Bonchev–Trinajstić information content (AvgIpc) is 1.98. The molecule has 0 nitrogen and oxygen atoms in total. The molecule has 0 aromatic heterocycles. The number of hydrogen-bond donors (Lipinski definition) is 0. The van der Waals surface area contributed by atoms with Crippen molar-refractivity contribution in [3.8, 4) is 0 Å². The van der Waals surface area contributed by atoms with E-state index >= 15 is 0 Å². The van der Waals surface area contributed by atoms with Crippen LogP contribution in [0, 0.1) is 5.82 Å². The quantitative estimate of drug-likeness (QED) is 0.575. The number of benzene rings is 1. The molecule has 0 aliphatic carbocycles. The number of aryl methyl sites for hydroxylation is 1. The van der Waals surface area contributed by atoms with Crippen molar-refractivity contribution in [3.63, 3.8) is 0 Å². The molecule has 11 heavy (non-hydrogen) atoms. The maximum Gasteiger partial charge on any atom is 0.123 e. The van der Waals surface area contributed by atoms with Crippen LogP contribution in [-0.4, -0.2) is 4.43 Å². The van der Waals surface area contributed by atoms with Crippen molar-refractivity contribution in [2.75, 3.05) is 4.43 Å². The van der Waals surface area contributed by atoms with Gasteiger partial charge in [-0.05, 0) is 30.2 Å². The first-order valence-electron chi connectivity index (χ1n) is 3.24. The molecule has 0 saturated heterocycles. The van der Waals surface area contributed by atoms with E-state index in [1.54, 1.807) is 12.1 Å². The highest BCUT2D eigenvalue weighted by Crippen LogP contribution is 2.18. The van der Waals surface area contributed by atoms with Crippen molar-refractivity contribution < 1.29 is 4.39 Å². The molecule has 0 fully saturated rings. The molecule has 0 aliphatic rings. The molecule has 3 heteroatoms. The summed E-state index contributed by atoms with van der Waals surface area (Å²) < 4.78 is 14.7. The molecule has 0 unspecified atom stereocenters.